The van der Waals surface area contributed by atoms with Gasteiger partial charge in [0.25, 0.3) is 0 Å². The van der Waals surface area contributed by atoms with Crippen molar-refractivity contribution in [3.63, 3.8) is 0 Å². The Balaban J connectivity index is 1.98. The van der Waals surface area contributed by atoms with Gasteiger partial charge in [-0.2, -0.15) is 0 Å². The first-order valence-electron chi connectivity index (χ1n) is 7.65. The Morgan fingerprint density at radius 3 is 2.48 bits per heavy atom. The van der Waals surface area contributed by atoms with Crippen molar-refractivity contribution < 1.29 is 13.5 Å². The van der Waals surface area contributed by atoms with Gasteiger partial charge in [-0.3, -0.25) is 0 Å². The van der Waals surface area contributed by atoms with Gasteiger partial charge in [-0.1, -0.05) is 25.3 Å². The molecule has 118 valence electrons. The number of sulfonamides is 1. The highest BCUT2D eigenvalue weighted by Crippen LogP contribution is 2.26. The van der Waals surface area contributed by atoms with Crippen molar-refractivity contribution in [1.82, 2.24) is 4.72 Å². The van der Waals surface area contributed by atoms with Gasteiger partial charge in [-0.15, -0.1) is 0 Å². The van der Waals surface area contributed by atoms with Crippen molar-refractivity contribution in [1.29, 1.82) is 0 Å². The number of aliphatic hydroxyl groups excluding tert-OH is 1. The summed E-state index contributed by atoms with van der Waals surface area (Å²) in [6.07, 6.45) is 4.88. The Morgan fingerprint density at radius 2 is 1.86 bits per heavy atom. The summed E-state index contributed by atoms with van der Waals surface area (Å²) >= 11 is 0. The van der Waals surface area contributed by atoms with Crippen LogP contribution in [-0.4, -0.2) is 26.2 Å². The molecule has 0 bridgehead atoms. The van der Waals surface area contributed by atoms with E-state index in [9.17, 15) is 13.5 Å². The lowest BCUT2D eigenvalue weighted by Gasteiger charge is -2.26. The third kappa shape index (κ3) is 4.28. The van der Waals surface area contributed by atoms with E-state index in [4.69, 9.17) is 0 Å². The van der Waals surface area contributed by atoms with E-state index in [0.29, 0.717) is 0 Å². The largest absolute Gasteiger partial charge is 0.391 e. The second-order valence-electron chi connectivity index (χ2n) is 6.06. The van der Waals surface area contributed by atoms with Crippen LogP contribution in [0.2, 0.25) is 0 Å². The first kappa shape index (κ1) is 16.5. The standard InChI is InChI=1S/C16H25NO3S/c1-12-8-9-15(10-13(12)2)21(19,20)17-11-16(18)14-6-4-3-5-7-14/h8-10,14,16-18H,3-7,11H2,1-2H3. The van der Waals surface area contributed by atoms with Crippen molar-refractivity contribution >= 4 is 10.0 Å². The molecule has 0 aliphatic heterocycles. The summed E-state index contributed by atoms with van der Waals surface area (Å²) in [7, 11) is -3.54. The van der Waals surface area contributed by atoms with E-state index in [1.54, 1.807) is 12.1 Å². The molecule has 4 nitrogen and oxygen atoms in total. The zero-order chi connectivity index (χ0) is 15.5. The molecule has 1 saturated carbocycles. The minimum atomic E-state index is -3.54. The van der Waals surface area contributed by atoms with Crippen LogP contribution in [0.5, 0.6) is 0 Å². The summed E-state index contributed by atoms with van der Waals surface area (Å²) in [6.45, 7) is 3.94. The van der Waals surface area contributed by atoms with Crippen LogP contribution in [0.4, 0.5) is 0 Å². The average Bonchev–Trinajstić information content (AvgIpc) is 2.48. The number of aliphatic hydroxyl groups is 1. The number of benzene rings is 1. The highest BCUT2D eigenvalue weighted by molar-refractivity contribution is 7.89. The number of hydrogen-bond acceptors (Lipinski definition) is 3. The van der Waals surface area contributed by atoms with Crippen molar-refractivity contribution in [2.45, 2.75) is 57.0 Å². The minimum absolute atomic E-state index is 0.0971. The number of hydrogen-bond donors (Lipinski definition) is 2. The molecular weight excluding hydrogens is 286 g/mol. The van der Waals surface area contributed by atoms with Crippen LogP contribution >= 0.6 is 0 Å². The first-order valence-corrected chi connectivity index (χ1v) is 9.13. The van der Waals surface area contributed by atoms with Crippen LogP contribution in [0.15, 0.2) is 23.1 Å². The topological polar surface area (TPSA) is 66.4 Å². The Hall–Kier alpha value is -0.910. The molecule has 0 spiro atoms. The van der Waals surface area contributed by atoms with Crippen molar-refractivity contribution in [2.75, 3.05) is 6.54 Å². The summed E-state index contributed by atoms with van der Waals surface area (Å²) in [5.74, 6) is 0.223. The zero-order valence-electron chi connectivity index (χ0n) is 12.8. The number of aryl methyl sites for hydroxylation is 2. The smallest absolute Gasteiger partial charge is 0.240 e. The number of nitrogens with one attached hydrogen (secondary N) is 1. The van der Waals surface area contributed by atoms with Gasteiger partial charge < -0.3 is 5.11 Å². The van der Waals surface area contributed by atoms with Gasteiger partial charge in [-0.05, 0) is 55.9 Å². The van der Waals surface area contributed by atoms with Gasteiger partial charge in [0.1, 0.15) is 0 Å². The molecule has 21 heavy (non-hydrogen) atoms. The summed E-state index contributed by atoms with van der Waals surface area (Å²) < 4.78 is 27.1. The second kappa shape index (κ2) is 6.90. The molecule has 0 aromatic heterocycles. The van der Waals surface area contributed by atoms with Gasteiger partial charge in [0.15, 0.2) is 0 Å². The third-order valence-corrected chi connectivity index (χ3v) is 5.89. The molecule has 0 heterocycles. The predicted molar refractivity (Wildman–Crippen MR) is 83.7 cm³/mol. The lowest BCUT2D eigenvalue weighted by atomic mass is 9.85. The molecule has 0 amide bonds. The van der Waals surface area contributed by atoms with E-state index in [1.165, 1.54) is 6.42 Å². The minimum Gasteiger partial charge on any atom is -0.391 e. The summed E-state index contributed by atoms with van der Waals surface area (Å²) in [5, 5.41) is 10.2. The van der Waals surface area contributed by atoms with E-state index in [1.807, 2.05) is 19.9 Å². The fourth-order valence-electron chi connectivity index (χ4n) is 2.85. The van der Waals surface area contributed by atoms with Crippen molar-refractivity contribution in [3.05, 3.63) is 29.3 Å². The summed E-state index contributed by atoms with van der Waals surface area (Å²) in [5.41, 5.74) is 2.02. The Labute approximate surface area is 127 Å². The molecule has 0 radical (unpaired) electrons. The molecule has 1 aromatic rings. The van der Waals surface area contributed by atoms with Crippen molar-refractivity contribution in [3.8, 4) is 0 Å². The maximum atomic E-state index is 12.3. The Kier molecular flexibility index (Phi) is 5.41. The molecule has 2 N–H and O–H groups in total. The van der Waals surface area contributed by atoms with Crippen LogP contribution in [0.3, 0.4) is 0 Å². The van der Waals surface area contributed by atoms with Crippen LogP contribution in [-0.2, 0) is 10.0 Å². The Morgan fingerprint density at radius 1 is 1.19 bits per heavy atom. The number of rotatable bonds is 5. The second-order valence-corrected chi connectivity index (χ2v) is 7.83. The molecule has 1 aliphatic rings. The molecular formula is C16H25NO3S. The van der Waals surface area contributed by atoms with Crippen molar-refractivity contribution in [2.24, 2.45) is 5.92 Å². The van der Waals surface area contributed by atoms with Crippen LogP contribution in [0, 0.1) is 19.8 Å². The molecule has 1 aliphatic carbocycles. The maximum Gasteiger partial charge on any atom is 0.240 e. The molecule has 2 rings (SSSR count). The highest BCUT2D eigenvalue weighted by Gasteiger charge is 2.24. The molecule has 1 fully saturated rings. The molecule has 1 unspecified atom stereocenters. The average molecular weight is 311 g/mol. The molecule has 0 saturated heterocycles. The normalized spacial score (nSPS) is 18.6. The van der Waals surface area contributed by atoms with Crippen LogP contribution < -0.4 is 4.72 Å². The van der Waals surface area contributed by atoms with E-state index in [-0.39, 0.29) is 17.4 Å². The van der Waals surface area contributed by atoms with E-state index < -0.39 is 16.1 Å². The molecule has 1 aromatic carbocycles. The van der Waals surface area contributed by atoms with E-state index in [2.05, 4.69) is 4.72 Å². The molecule has 5 heteroatoms. The third-order valence-electron chi connectivity index (χ3n) is 4.47. The van der Waals surface area contributed by atoms with E-state index >= 15 is 0 Å². The molecule has 1 atom stereocenters. The predicted octanol–water partition coefficient (Wildman–Crippen LogP) is 2.52. The van der Waals surface area contributed by atoms with Gasteiger partial charge in [-0.25, -0.2) is 13.1 Å². The first-order chi connectivity index (χ1) is 9.90. The maximum absolute atomic E-state index is 12.3. The van der Waals surface area contributed by atoms with Crippen LogP contribution in [0.25, 0.3) is 0 Å². The monoisotopic (exact) mass is 311 g/mol. The highest BCUT2D eigenvalue weighted by atomic mass is 32.2. The quantitative estimate of drug-likeness (QED) is 0.878. The summed E-state index contributed by atoms with van der Waals surface area (Å²) in [6, 6.07) is 5.09. The van der Waals surface area contributed by atoms with Gasteiger partial charge >= 0.3 is 0 Å². The van der Waals surface area contributed by atoms with Gasteiger partial charge in [0.2, 0.25) is 10.0 Å². The lowest BCUT2D eigenvalue weighted by Crippen LogP contribution is -2.37. The van der Waals surface area contributed by atoms with E-state index in [0.717, 1.165) is 36.8 Å². The fraction of sp³-hybridized carbons (Fsp3) is 0.625. The van der Waals surface area contributed by atoms with Gasteiger partial charge in [0, 0.05) is 6.54 Å². The lowest BCUT2D eigenvalue weighted by molar-refractivity contribution is 0.0888. The van der Waals surface area contributed by atoms with Gasteiger partial charge in [0.05, 0.1) is 11.0 Å². The fourth-order valence-corrected chi connectivity index (χ4v) is 3.98. The van der Waals surface area contributed by atoms with Crippen LogP contribution in [0.1, 0.15) is 43.2 Å². The SMILES string of the molecule is Cc1ccc(S(=O)(=O)NCC(O)C2CCCCC2)cc1C. The Bertz CT molecular complexity index is 577. The zero-order valence-corrected chi connectivity index (χ0v) is 13.6. The summed E-state index contributed by atoms with van der Waals surface area (Å²) in [4.78, 5) is 0.265.